The van der Waals surface area contributed by atoms with Gasteiger partial charge in [0.15, 0.2) is 5.54 Å². The van der Waals surface area contributed by atoms with Gasteiger partial charge in [0.25, 0.3) is 0 Å². The molecule has 1 saturated heterocycles. The lowest BCUT2D eigenvalue weighted by molar-refractivity contribution is -0.155. The number of rotatable bonds is 2. The molecule has 5 nitrogen and oxygen atoms in total. The van der Waals surface area contributed by atoms with E-state index in [0.717, 1.165) is 18.4 Å². The molecule has 0 unspecified atom stereocenters. The van der Waals surface area contributed by atoms with Crippen molar-refractivity contribution in [2.45, 2.75) is 36.8 Å². The molecule has 0 spiro atoms. The number of ether oxygens (including phenoxy) is 2. The van der Waals surface area contributed by atoms with E-state index in [9.17, 15) is 9.59 Å². The van der Waals surface area contributed by atoms with Gasteiger partial charge in [-0.3, -0.25) is 0 Å². The third-order valence-electron chi connectivity index (χ3n) is 4.27. The second kappa shape index (κ2) is 4.81. The fourth-order valence-electron chi connectivity index (χ4n) is 3.40. The van der Waals surface area contributed by atoms with Crippen LogP contribution < -0.4 is 5.32 Å². The highest BCUT2D eigenvalue weighted by atomic mass is 16.6. The first-order chi connectivity index (χ1) is 9.65. The zero-order chi connectivity index (χ0) is 14.2. The average Bonchev–Trinajstić information content (AvgIpc) is 2.46. The molecule has 5 heteroatoms. The van der Waals surface area contributed by atoms with Gasteiger partial charge in [0.2, 0.25) is 0 Å². The van der Waals surface area contributed by atoms with Gasteiger partial charge in [-0.05, 0) is 18.4 Å². The fourth-order valence-corrected chi connectivity index (χ4v) is 3.40. The number of esters is 1. The van der Waals surface area contributed by atoms with Crippen LogP contribution in [0.15, 0.2) is 30.3 Å². The lowest BCUT2D eigenvalue weighted by Crippen LogP contribution is -2.66. The Morgan fingerprint density at radius 3 is 2.80 bits per heavy atom. The molecule has 1 amide bonds. The van der Waals surface area contributed by atoms with Gasteiger partial charge in [0, 0.05) is 12.3 Å². The zero-order valence-electron chi connectivity index (χ0n) is 11.3. The SMILES string of the molecule is COC(=O)[C@@]12C[C@@H](CC[C@@H]1c1ccccc1)OC(=O)N2. The molecule has 1 aliphatic carbocycles. The van der Waals surface area contributed by atoms with Gasteiger partial charge >= 0.3 is 12.1 Å². The van der Waals surface area contributed by atoms with E-state index in [1.165, 1.54) is 7.11 Å². The van der Waals surface area contributed by atoms with Crippen LogP contribution in [0.4, 0.5) is 4.79 Å². The van der Waals surface area contributed by atoms with Crippen LogP contribution in [0.5, 0.6) is 0 Å². The van der Waals surface area contributed by atoms with E-state index < -0.39 is 17.6 Å². The number of hydrogen-bond acceptors (Lipinski definition) is 4. The Hall–Kier alpha value is -2.04. The first-order valence-electron chi connectivity index (χ1n) is 6.78. The van der Waals surface area contributed by atoms with E-state index in [2.05, 4.69) is 5.32 Å². The van der Waals surface area contributed by atoms with E-state index in [-0.39, 0.29) is 12.0 Å². The number of nitrogens with one attached hydrogen (secondary N) is 1. The molecule has 3 rings (SSSR count). The van der Waals surface area contributed by atoms with Crippen molar-refractivity contribution in [2.75, 3.05) is 7.11 Å². The molecule has 1 aromatic rings. The van der Waals surface area contributed by atoms with Gasteiger partial charge < -0.3 is 14.8 Å². The number of benzene rings is 1. The summed E-state index contributed by atoms with van der Waals surface area (Å²) < 4.78 is 10.2. The summed E-state index contributed by atoms with van der Waals surface area (Å²) >= 11 is 0. The maximum Gasteiger partial charge on any atom is 0.408 e. The minimum absolute atomic E-state index is 0.0831. The van der Waals surface area contributed by atoms with E-state index >= 15 is 0 Å². The van der Waals surface area contributed by atoms with Gasteiger partial charge in [0.1, 0.15) is 6.10 Å². The van der Waals surface area contributed by atoms with Gasteiger partial charge in [-0.25, -0.2) is 9.59 Å². The average molecular weight is 275 g/mol. The molecule has 2 aliphatic rings. The summed E-state index contributed by atoms with van der Waals surface area (Å²) in [6.07, 6.45) is 1.27. The van der Waals surface area contributed by atoms with Crippen LogP contribution in [0.2, 0.25) is 0 Å². The first kappa shape index (κ1) is 13.0. The van der Waals surface area contributed by atoms with Crippen molar-refractivity contribution in [2.24, 2.45) is 0 Å². The lowest BCUT2D eigenvalue weighted by atomic mass is 9.68. The van der Waals surface area contributed by atoms with Crippen molar-refractivity contribution < 1.29 is 19.1 Å². The fraction of sp³-hybridized carbons (Fsp3) is 0.467. The van der Waals surface area contributed by atoms with E-state index in [4.69, 9.17) is 9.47 Å². The number of hydrogen-bond donors (Lipinski definition) is 1. The lowest BCUT2D eigenvalue weighted by Gasteiger charge is -2.47. The highest BCUT2D eigenvalue weighted by Gasteiger charge is 2.56. The van der Waals surface area contributed by atoms with Crippen molar-refractivity contribution in [3.8, 4) is 0 Å². The maximum atomic E-state index is 12.3. The summed E-state index contributed by atoms with van der Waals surface area (Å²) in [5.74, 6) is -0.479. The summed E-state index contributed by atoms with van der Waals surface area (Å²) in [6, 6.07) is 9.78. The highest BCUT2D eigenvalue weighted by Crippen LogP contribution is 2.44. The Labute approximate surface area is 117 Å². The predicted molar refractivity (Wildman–Crippen MR) is 71.2 cm³/mol. The Balaban J connectivity index is 2.04. The Kier molecular flexibility index (Phi) is 3.12. The molecule has 2 fully saturated rings. The minimum Gasteiger partial charge on any atom is -0.467 e. The van der Waals surface area contributed by atoms with Crippen LogP contribution >= 0.6 is 0 Å². The van der Waals surface area contributed by atoms with Crippen molar-refractivity contribution in [3.63, 3.8) is 0 Å². The van der Waals surface area contributed by atoms with Crippen LogP contribution in [-0.2, 0) is 14.3 Å². The van der Waals surface area contributed by atoms with E-state index in [0.29, 0.717) is 6.42 Å². The molecule has 3 atom stereocenters. The molecule has 1 aliphatic heterocycles. The number of methoxy groups -OCH3 is 1. The van der Waals surface area contributed by atoms with Gasteiger partial charge in [0.05, 0.1) is 7.11 Å². The molecule has 0 aromatic heterocycles. The molecule has 20 heavy (non-hydrogen) atoms. The summed E-state index contributed by atoms with van der Waals surface area (Å²) in [4.78, 5) is 24.1. The topological polar surface area (TPSA) is 64.6 Å². The van der Waals surface area contributed by atoms with Crippen LogP contribution in [0.25, 0.3) is 0 Å². The molecular formula is C15H17NO4. The van der Waals surface area contributed by atoms with E-state index in [1.807, 2.05) is 30.3 Å². The molecule has 1 heterocycles. The number of amides is 1. The Morgan fingerprint density at radius 1 is 1.35 bits per heavy atom. The largest absolute Gasteiger partial charge is 0.467 e. The predicted octanol–water partition coefficient (Wildman–Crippen LogP) is 1.97. The molecule has 1 aromatic carbocycles. The molecule has 2 bridgehead atoms. The third-order valence-corrected chi connectivity index (χ3v) is 4.27. The third kappa shape index (κ3) is 1.94. The highest BCUT2D eigenvalue weighted by molar-refractivity contribution is 5.88. The monoisotopic (exact) mass is 275 g/mol. The number of carbonyl (C=O) groups excluding carboxylic acids is 2. The van der Waals surface area contributed by atoms with Crippen LogP contribution in [0.3, 0.4) is 0 Å². The summed E-state index contributed by atoms with van der Waals surface area (Å²) in [7, 11) is 1.35. The Morgan fingerprint density at radius 2 is 2.10 bits per heavy atom. The van der Waals surface area contributed by atoms with Crippen molar-refractivity contribution in [1.82, 2.24) is 5.32 Å². The molecule has 106 valence electrons. The molecular weight excluding hydrogens is 258 g/mol. The van der Waals surface area contributed by atoms with Gasteiger partial charge in [-0.15, -0.1) is 0 Å². The summed E-state index contributed by atoms with van der Waals surface area (Å²) in [5, 5.41) is 2.72. The zero-order valence-corrected chi connectivity index (χ0v) is 11.3. The number of alkyl carbamates (subject to hydrolysis) is 1. The normalized spacial score (nSPS) is 31.9. The van der Waals surface area contributed by atoms with Crippen LogP contribution in [0, 0.1) is 0 Å². The van der Waals surface area contributed by atoms with Crippen molar-refractivity contribution in [1.29, 1.82) is 0 Å². The first-order valence-corrected chi connectivity index (χ1v) is 6.78. The van der Waals surface area contributed by atoms with Crippen molar-refractivity contribution >= 4 is 12.1 Å². The number of fused-ring (bicyclic) bond motifs is 2. The van der Waals surface area contributed by atoms with E-state index in [1.54, 1.807) is 0 Å². The minimum atomic E-state index is -1.01. The summed E-state index contributed by atoms with van der Waals surface area (Å²) in [6.45, 7) is 0. The summed E-state index contributed by atoms with van der Waals surface area (Å²) in [5.41, 5.74) is 0.0347. The van der Waals surface area contributed by atoms with Crippen LogP contribution in [-0.4, -0.2) is 30.8 Å². The second-order valence-electron chi connectivity index (χ2n) is 5.36. The van der Waals surface area contributed by atoms with Crippen molar-refractivity contribution in [3.05, 3.63) is 35.9 Å². The number of carbonyl (C=O) groups is 2. The second-order valence-corrected chi connectivity index (χ2v) is 5.36. The Bertz CT molecular complexity index is 530. The molecule has 0 radical (unpaired) electrons. The molecule has 1 N–H and O–H groups in total. The standard InChI is InChI=1S/C15H17NO4/c1-19-13(17)15-9-11(20-14(18)16-15)7-8-12(15)10-5-3-2-4-6-10/h2-6,11-12H,7-9H2,1H3,(H,16,18)/t11-,12-,15-/m1/s1. The van der Waals surface area contributed by atoms with Crippen LogP contribution in [0.1, 0.15) is 30.7 Å². The molecule has 1 saturated carbocycles. The van der Waals surface area contributed by atoms with Gasteiger partial charge in [-0.1, -0.05) is 30.3 Å². The maximum absolute atomic E-state index is 12.3. The van der Waals surface area contributed by atoms with Gasteiger partial charge in [-0.2, -0.15) is 0 Å². The quantitative estimate of drug-likeness (QED) is 0.838. The smallest absolute Gasteiger partial charge is 0.408 e.